The average molecular weight is 219 g/mol. The molecule has 2 aromatic heterocycles. The molecule has 0 spiro atoms. The molecular formula is C12H17N3O. The number of nitrogen functional groups attached to an aromatic ring is 1. The molecule has 2 rings (SSSR count). The van der Waals surface area contributed by atoms with Gasteiger partial charge in [-0.1, -0.05) is 13.8 Å². The normalized spacial score (nSPS) is 11.3. The minimum atomic E-state index is 0.345. The van der Waals surface area contributed by atoms with Crippen molar-refractivity contribution in [1.29, 1.82) is 0 Å². The predicted molar refractivity (Wildman–Crippen MR) is 64.1 cm³/mol. The molecular weight excluding hydrogens is 202 g/mol. The van der Waals surface area contributed by atoms with Crippen LogP contribution < -0.4 is 5.73 Å². The summed E-state index contributed by atoms with van der Waals surface area (Å²) in [7, 11) is 1.86. The van der Waals surface area contributed by atoms with Gasteiger partial charge in [-0.25, -0.2) is 0 Å². The van der Waals surface area contributed by atoms with E-state index in [0.29, 0.717) is 5.92 Å². The molecule has 4 nitrogen and oxygen atoms in total. The minimum Gasteiger partial charge on any atom is -0.469 e. The molecule has 0 aliphatic heterocycles. The molecule has 0 aromatic carbocycles. The van der Waals surface area contributed by atoms with Crippen molar-refractivity contribution in [2.45, 2.75) is 26.7 Å². The summed E-state index contributed by atoms with van der Waals surface area (Å²) >= 11 is 0. The summed E-state index contributed by atoms with van der Waals surface area (Å²) < 4.78 is 7.03. The van der Waals surface area contributed by atoms with Crippen LogP contribution in [0.3, 0.4) is 0 Å². The molecule has 0 fully saturated rings. The molecule has 0 saturated heterocycles. The van der Waals surface area contributed by atoms with E-state index in [1.807, 2.05) is 20.0 Å². The predicted octanol–water partition coefficient (Wildman–Crippen LogP) is 2.69. The largest absolute Gasteiger partial charge is 0.469 e. The highest BCUT2D eigenvalue weighted by molar-refractivity contribution is 5.70. The summed E-state index contributed by atoms with van der Waals surface area (Å²) in [4.78, 5) is 0. The van der Waals surface area contributed by atoms with Crippen LogP contribution >= 0.6 is 0 Å². The highest BCUT2D eigenvalue weighted by atomic mass is 16.3. The van der Waals surface area contributed by atoms with Crippen LogP contribution in [0.4, 0.5) is 5.82 Å². The first-order valence-corrected chi connectivity index (χ1v) is 5.39. The second kappa shape index (κ2) is 3.70. The average Bonchev–Trinajstić information content (AvgIpc) is 2.72. The Morgan fingerprint density at radius 3 is 2.62 bits per heavy atom. The Morgan fingerprint density at radius 1 is 1.44 bits per heavy atom. The molecule has 0 radical (unpaired) electrons. The van der Waals surface area contributed by atoms with Crippen LogP contribution in [0.15, 0.2) is 16.7 Å². The molecule has 0 saturated carbocycles. The molecule has 0 aliphatic carbocycles. The molecule has 0 atom stereocenters. The Balaban J connectivity index is 2.66. The second-order valence-corrected chi connectivity index (χ2v) is 4.32. The summed E-state index contributed by atoms with van der Waals surface area (Å²) in [5.41, 5.74) is 9.08. The van der Waals surface area contributed by atoms with E-state index < -0.39 is 0 Å². The van der Waals surface area contributed by atoms with Gasteiger partial charge in [0.2, 0.25) is 0 Å². The third-order valence-electron chi connectivity index (χ3n) is 2.82. The molecule has 2 aromatic rings. The smallest absolute Gasteiger partial charge is 0.125 e. The van der Waals surface area contributed by atoms with Crippen molar-refractivity contribution in [3.05, 3.63) is 23.7 Å². The van der Waals surface area contributed by atoms with Crippen molar-refractivity contribution in [2.24, 2.45) is 7.05 Å². The number of hydrogen-bond acceptors (Lipinski definition) is 3. The van der Waals surface area contributed by atoms with E-state index in [-0.39, 0.29) is 0 Å². The maximum absolute atomic E-state index is 6.03. The van der Waals surface area contributed by atoms with Crippen LogP contribution in [0.2, 0.25) is 0 Å². The van der Waals surface area contributed by atoms with Crippen LogP contribution in [0.1, 0.15) is 31.1 Å². The monoisotopic (exact) mass is 219 g/mol. The Bertz CT molecular complexity index is 508. The van der Waals surface area contributed by atoms with E-state index in [2.05, 4.69) is 18.9 Å². The van der Waals surface area contributed by atoms with Gasteiger partial charge in [-0.2, -0.15) is 5.10 Å². The van der Waals surface area contributed by atoms with Gasteiger partial charge in [0.25, 0.3) is 0 Å². The zero-order valence-corrected chi connectivity index (χ0v) is 10.1. The van der Waals surface area contributed by atoms with Gasteiger partial charge in [0.05, 0.1) is 6.26 Å². The van der Waals surface area contributed by atoms with Crippen LogP contribution in [-0.4, -0.2) is 9.78 Å². The van der Waals surface area contributed by atoms with Gasteiger partial charge in [0.15, 0.2) is 0 Å². The Morgan fingerprint density at radius 2 is 2.12 bits per heavy atom. The lowest BCUT2D eigenvalue weighted by atomic mass is 9.99. The lowest BCUT2D eigenvalue weighted by Crippen LogP contribution is -2.00. The number of hydrogen-bond donors (Lipinski definition) is 1. The second-order valence-electron chi connectivity index (χ2n) is 4.32. The standard InChI is InChI=1S/C12H17N3O/c1-7(2)10-11(14-15(4)12(10)13)9-5-6-16-8(9)3/h5-7H,13H2,1-4H3. The number of aromatic nitrogens is 2. The molecule has 0 bridgehead atoms. The van der Waals surface area contributed by atoms with Crippen LogP contribution in [0.25, 0.3) is 11.3 Å². The Labute approximate surface area is 95.1 Å². The van der Waals surface area contributed by atoms with Gasteiger partial charge >= 0.3 is 0 Å². The van der Waals surface area contributed by atoms with E-state index in [1.54, 1.807) is 10.9 Å². The number of aryl methyl sites for hydroxylation is 2. The first-order valence-electron chi connectivity index (χ1n) is 5.39. The van der Waals surface area contributed by atoms with Crippen LogP contribution in [0.5, 0.6) is 0 Å². The van der Waals surface area contributed by atoms with E-state index in [9.17, 15) is 0 Å². The lowest BCUT2D eigenvalue weighted by Gasteiger charge is -2.06. The molecule has 2 N–H and O–H groups in total. The zero-order chi connectivity index (χ0) is 11.9. The SMILES string of the molecule is Cc1occc1-c1nn(C)c(N)c1C(C)C. The fourth-order valence-electron chi connectivity index (χ4n) is 1.95. The van der Waals surface area contributed by atoms with Crippen molar-refractivity contribution in [2.75, 3.05) is 5.73 Å². The summed E-state index contributed by atoms with van der Waals surface area (Å²) in [6.45, 7) is 6.17. The highest BCUT2D eigenvalue weighted by Crippen LogP contribution is 2.34. The molecule has 0 unspecified atom stereocenters. The molecule has 86 valence electrons. The van der Waals surface area contributed by atoms with Crippen molar-refractivity contribution < 1.29 is 4.42 Å². The van der Waals surface area contributed by atoms with Gasteiger partial charge in [-0.3, -0.25) is 4.68 Å². The Hall–Kier alpha value is -1.71. The van der Waals surface area contributed by atoms with Crippen molar-refractivity contribution >= 4 is 5.82 Å². The highest BCUT2D eigenvalue weighted by Gasteiger charge is 2.20. The summed E-state index contributed by atoms with van der Waals surface area (Å²) in [5, 5.41) is 4.47. The Kier molecular flexibility index (Phi) is 2.50. The third kappa shape index (κ3) is 1.50. The first-order chi connectivity index (χ1) is 7.52. The first kappa shape index (κ1) is 10.8. The van der Waals surface area contributed by atoms with E-state index in [0.717, 1.165) is 28.4 Å². The molecule has 4 heteroatoms. The molecule has 2 heterocycles. The topological polar surface area (TPSA) is 57.0 Å². The third-order valence-corrected chi connectivity index (χ3v) is 2.82. The van der Waals surface area contributed by atoms with Crippen molar-refractivity contribution in [3.8, 4) is 11.3 Å². The van der Waals surface area contributed by atoms with Gasteiger partial charge < -0.3 is 10.2 Å². The summed E-state index contributed by atoms with van der Waals surface area (Å²) in [5.74, 6) is 1.95. The number of nitrogens with two attached hydrogens (primary N) is 1. The van der Waals surface area contributed by atoms with E-state index in [1.165, 1.54) is 0 Å². The van der Waals surface area contributed by atoms with Crippen LogP contribution in [-0.2, 0) is 7.05 Å². The lowest BCUT2D eigenvalue weighted by molar-refractivity contribution is 0.535. The zero-order valence-electron chi connectivity index (χ0n) is 10.1. The van der Waals surface area contributed by atoms with Gasteiger partial charge in [-0.05, 0) is 18.9 Å². The summed E-state index contributed by atoms with van der Waals surface area (Å²) in [6, 6.07) is 1.93. The van der Waals surface area contributed by atoms with Crippen LogP contribution in [0, 0.1) is 6.92 Å². The number of rotatable bonds is 2. The maximum atomic E-state index is 6.03. The number of nitrogens with zero attached hydrogens (tertiary/aromatic N) is 2. The van der Waals surface area contributed by atoms with Gasteiger partial charge in [0.1, 0.15) is 17.3 Å². The van der Waals surface area contributed by atoms with E-state index in [4.69, 9.17) is 10.2 Å². The fraction of sp³-hybridized carbons (Fsp3) is 0.417. The van der Waals surface area contributed by atoms with Gasteiger partial charge in [0, 0.05) is 18.2 Å². The van der Waals surface area contributed by atoms with E-state index >= 15 is 0 Å². The van der Waals surface area contributed by atoms with Crippen molar-refractivity contribution in [3.63, 3.8) is 0 Å². The summed E-state index contributed by atoms with van der Waals surface area (Å²) in [6.07, 6.45) is 1.68. The van der Waals surface area contributed by atoms with Crippen molar-refractivity contribution in [1.82, 2.24) is 9.78 Å². The molecule has 16 heavy (non-hydrogen) atoms. The van der Waals surface area contributed by atoms with Gasteiger partial charge in [-0.15, -0.1) is 0 Å². The number of anilines is 1. The molecule has 0 amide bonds. The maximum Gasteiger partial charge on any atom is 0.125 e. The molecule has 0 aliphatic rings. The fourth-order valence-corrected chi connectivity index (χ4v) is 1.95. The minimum absolute atomic E-state index is 0.345. The number of furan rings is 1. The quantitative estimate of drug-likeness (QED) is 0.844.